The maximum atomic E-state index is 11.8. The number of carbonyl (C=O) groups excluding carboxylic acids is 1. The van der Waals surface area contributed by atoms with Crippen molar-refractivity contribution >= 4 is 23.2 Å². The van der Waals surface area contributed by atoms with Gasteiger partial charge in [0.25, 0.3) is 0 Å². The molecule has 1 fully saturated rings. The van der Waals surface area contributed by atoms with Gasteiger partial charge in [0.1, 0.15) is 0 Å². The van der Waals surface area contributed by atoms with Crippen molar-refractivity contribution in [2.24, 2.45) is 0 Å². The number of aryl methyl sites for hydroxylation is 1. The molecule has 116 valence electrons. The molecule has 0 aromatic heterocycles. The number of nitrogens with one attached hydrogen (secondary N) is 2. The van der Waals surface area contributed by atoms with E-state index in [1.165, 1.54) is 0 Å². The minimum atomic E-state index is -0.0584. The van der Waals surface area contributed by atoms with Crippen molar-refractivity contribution in [1.29, 1.82) is 0 Å². The predicted octanol–water partition coefficient (Wildman–Crippen LogP) is 1.51. The molecular formula is C15H22ClN3O2. The zero-order valence-electron chi connectivity index (χ0n) is 12.3. The van der Waals surface area contributed by atoms with Crippen LogP contribution in [0, 0.1) is 6.92 Å². The number of carbonyl (C=O) groups is 1. The molecule has 2 N–H and O–H groups in total. The van der Waals surface area contributed by atoms with E-state index in [-0.39, 0.29) is 5.91 Å². The van der Waals surface area contributed by atoms with Gasteiger partial charge in [-0.25, -0.2) is 0 Å². The fourth-order valence-corrected chi connectivity index (χ4v) is 2.32. The lowest BCUT2D eigenvalue weighted by molar-refractivity contribution is -0.115. The highest BCUT2D eigenvalue weighted by molar-refractivity contribution is 6.31. The molecule has 0 radical (unpaired) electrons. The number of anilines is 1. The van der Waals surface area contributed by atoms with Crippen LogP contribution in [-0.4, -0.2) is 56.7 Å². The number of halogens is 1. The number of hydrogen-bond donors (Lipinski definition) is 2. The van der Waals surface area contributed by atoms with Crippen molar-refractivity contribution in [2.45, 2.75) is 6.92 Å². The molecule has 5 nitrogen and oxygen atoms in total. The number of benzene rings is 1. The van der Waals surface area contributed by atoms with E-state index in [1.807, 2.05) is 19.1 Å². The normalized spacial score (nSPS) is 15.9. The Bertz CT molecular complexity index is 476. The van der Waals surface area contributed by atoms with Gasteiger partial charge in [0.15, 0.2) is 0 Å². The second-order valence-corrected chi connectivity index (χ2v) is 5.55. The lowest BCUT2D eigenvalue weighted by Crippen LogP contribution is -2.41. The van der Waals surface area contributed by atoms with Crippen molar-refractivity contribution < 1.29 is 9.53 Å². The van der Waals surface area contributed by atoms with Gasteiger partial charge in [-0.2, -0.15) is 0 Å². The molecular weight excluding hydrogens is 290 g/mol. The van der Waals surface area contributed by atoms with Crippen molar-refractivity contribution in [3.63, 3.8) is 0 Å². The summed E-state index contributed by atoms with van der Waals surface area (Å²) in [4.78, 5) is 14.1. The smallest absolute Gasteiger partial charge is 0.238 e. The average molecular weight is 312 g/mol. The Balaban J connectivity index is 1.63. The fourth-order valence-electron chi connectivity index (χ4n) is 2.14. The summed E-state index contributed by atoms with van der Waals surface area (Å²) >= 11 is 6.03. The Kier molecular flexibility index (Phi) is 6.45. The summed E-state index contributed by atoms with van der Waals surface area (Å²) in [5.74, 6) is -0.0584. The van der Waals surface area contributed by atoms with Crippen LogP contribution in [0.25, 0.3) is 0 Å². The van der Waals surface area contributed by atoms with E-state index in [0.29, 0.717) is 11.6 Å². The first kappa shape index (κ1) is 16.2. The van der Waals surface area contributed by atoms with Gasteiger partial charge in [-0.05, 0) is 24.6 Å². The number of nitrogens with zero attached hydrogens (tertiary/aromatic N) is 1. The van der Waals surface area contributed by atoms with Crippen molar-refractivity contribution in [1.82, 2.24) is 10.2 Å². The van der Waals surface area contributed by atoms with E-state index in [2.05, 4.69) is 15.5 Å². The Morgan fingerprint density at radius 1 is 1.38 bits per heavy atom. The molecule has 0 spiro atoms. The summed E-state index contributed by atoms with van der Waals surface area (Å²) in [5.41, 5.74) is 1.73. The molecule has 6 heteroatoms. The van der Waals surface area contributed by atoms with E-state index < -0.39 is 0 Å². The van der Waals surface area contributed by atoms with Crippen LogP contribution in [0.5, 0.6) is 0 Å². The third kappa shape index (κ3) is 5.63. The minimum Gasteiger partial charge on any atom is -0.379 e. The summed E-state index contributed by atoms with van der Waals surface area (Å²) in [6.45, 7) is 7.50. The van der Waals surface area contributed by atoms with Gasteiger partial charge in [-0.3, -0.25) is 9.69 Å². The van der Waals surface area contributed by atoms with Crippen molar-refractivity contribution in [3.8, 4) is 0 Å². The Labute approximate surface area is 130 Å². The second kappa shape index (κ2) is 8.34. The molecule has 1 aromatic rings. The molecule has 1 aliphatic rings. The van der Waals surface area contributed by atoms with E-state index in [0.717, 1.165) is 50.6 Å². The van der Waals surface area contributed by atoms with Gasteiger partial charge in [0.05, 0.1) is 19.8 Å². The summed E-state index contributed by atoms with van der Waals surface area (Å²) in [7, 11) is 0. The SMILES string of the molecule is Cc1ccc(NC(=O)CNCCN2CCOCC2)cc1Cl. The highest BCUT2D eigenvalue weighted by atomic mass is 35.5. The number of ether oxygens (including phenoxy) is 1. The zero-order valence-corrected chi connectivity index (χ0v) is 13.1. The first-order chi connectivity index (χ1) is 10.1. The van der Waals surface area contributed by atoms with Crippen LogP contribution in [0.3, 0.4) is 0 Å². The average Bonchev–Trinajstić information content (AvgIpc) is 2.49. The molecule has 0 saturated carbocycles. The molecule has 1 heterocycles. The predicted molar refractivity (Wildman–Crippen MR) is 84.9 cm³/mol. The van der Waals surface area contributed by atoms with Crippen molar-refractivity contribution in [3.05, 3.63) is 28.8 Å². The summed E-state index contributed by atoms with van der Waals surface area (Å²) in [6, 6.07) is 5.51. The van der Waals surface area contributed by atoms with Gasteiger partial charge in [0, 0.05) is 36.9 Å². The maximum absolute atomic E-state index is 11.8. The van der Waals surface area contributed by atoms with E-state index in [1.54, 1.807) is 6.07 Å². The second-order valence-electron chi connectivity index (χ2n) is 5.14. The summed E-state index contributed by atoms with van der Waals surface area (Å²) in [6.07, 6.45) is 0. The van der Waals surface area contributed by atoms with Crippen LogP contribution in [0.15, 0.2) is 18.2 Å². The van der Waals surface area contributed by atoms with Gasteiger partial charge < -0.3 is 15.4 Å². The lowest BCUT2D eigenvalue weighted by atomic mass is 10.2. The Morgan fingerprint density at radius 2 is 2.14 bits per heavy atom. The highest BCUT2D eigenvalue weighted by Gasteiger charge is 2.09. The van der Waals surface area contributed by atoms with E-state index in [9.17, 15) is 4.79 Å². The Hall–Kier alpha value is -1.14. The van der Waals surface area contributed by atoms with Gasteiger partial charge in [0.2, 0.25) is 5.91 Å². The monoisotopic (exact) mass is 311 g/mol. The molecule has 1 aliphatic heterocycles. The number of hydrogen-bond acceptors (Lipinski definition) is 4. The Morgan fingerprint density at radius 3 is 2.86 bits per heavy atom. The molecule has 1 amide bonds. The molecule has 0 atom stereocenters. The molecule has 0 aliphatic carbocycles. The van der Waals surface area contributed by atoms with E-state index >= 15 is 0 Å². The third-order valence-electron chi connectivity index (χ3n) is 3.45. The van der Waals surface area contributed by atoms with Crippen LogP contribution in [-0.2, 0) is 9.53 Å². The van der Waals surface area contributed by atoms with Crippen molar-refractivity contribution in [2.75, 3.05) is 51.3 Å². The summed E-state index contributed by atoms with van der Waals surface area (Å²) < 4.78 is 5.29. The minimum absolute atomic E-state index is 0.0584. The first-order valence-electron chi connectivity index (χ1n) is 7.22. The standard InChI is InChI=1S/C15H22ClN3O2/c1-12-2-3-13(10-14(12)16)18-15(20)11-17-4-5-19-6-8-21-9-7-19/h2-3,10,17H,4-9,11H2,1H3,(H,18,20). The van der Waals surface area contributed by atoms with Crippen LogP contribution in [0.2, 0.25) is 5.02 Å². The topological polar surface area (TPSA) is 53.6 Å². The third-order valence-corrected chi connectivity index (χ3v) is 3.86. The number of morpholine rings is 1. The summed E-state index contributed by atoms with van der Waals surface area (Å²) in [5, 5.41) is 6.64. The molecule has 1 aromatic carbocycles. The highest BCUT2D eigenvalue weighted by Crippen LogP contribution is 2.19. The largest absolute Gasteiger partial charge is 0.379 e. The van der Waals surface area contributed by atoms with E-state index in [4.69, 9.17) is 16.3 Å². The lowest BCUT2D eigenvalue weighted by Gasteiger charge is -2.26. The quantitative estimate of drug-likeness (QED) is 0.782. The van der Waals surface area contributed by atoms with Crippen LogP contribution in [0.1, 0.15) is 5.56 Å². The van der Waals surface area contributed by atoms with Crippen LogP contribution < -0.4 is 10.6 Å². The molecule has 0 unspecified atom stereocenters. The molecule has 21 heavy (non-hydrogen) atoms. The van der Waals surface area contributed by atoms with Gasteiger partial charge in [-0.1, -0.05) is 17.7 Å². The van der Waals surface area contributed by atoms with Crippen LogP contribution >= 0.6 is 11.6 Å². The molecule has 0 bridgehead atoms. The van der Waals surface area contributed by atoms with Gasteiger partial charge in [-0.15, -0.1) is 0 Å². The first-order valence-corrected chi connectivity index (χ1v) is 7.60. The number of rotatable bonds is 6. The molecule has 1 saturated heterocycles. The maximum Gasteiger partial charge on any atom is 0.238 e. The zero-order chi connectivity index (χ0) is 15.1. The fraction of sp³-hybridized carbons (Fsp3) is 0.533. The number of amides is 1. The molecule has 2 rings (SSSR count). The van der Waals surface area contributed by atoms with Crippen LogP contribution in [0.4, 0.5) is 5.69 Å². The van der Waals surface area contributed by atoms with Gasteiger partial charge >= 0.3 is 0 Å².